The molecule has 0 aromatic heterocycles. The van der Waals surface area contributed by atoms with Gasteiger partial charge in [-0.05, 0) is 31.5 Å². The molecule has 19 heavy (non-hydrogen) atoms. The van der Waals surface area contributed by atoms with Gasteiger partial charge in [0.1, 0.15) is 5.82 Å². The van der Waals surface area contributed by atoms with Crippen molar-refractivity contribution in [3.05, 3.63) is 35.1 Å². The third-order valence-corrected chi connectivity index (χ3v) is 2.33. The highest BCUT2D eigenvalue weighted by Gasteiger charge is 2.02. The molecule has 0 spiro atoms. The Morgan fingerprint density at radius 1 is 1.32 bits per heavy atom. The Kier molecular flexibility index (Phi) is 7.12. The van der Waals surface area contributed by atoms with Gasteiger partial charge < -0.3 is 15.2 Å². The maximum Gasteiger partial charge on any atom is 0.124 e. The first-order chi connectivity index (χ1) is 9.13. The van der Waals surface area contributed by atoms with Gasteiger partial charge in [0.2, 0.25) is 0 Å². The maximum atomic E-state index is 13.1. The molecule has 0 saturated carbocycles. The van der Waals surface area contributed by atoms with Crippen molar-refractivity contribution >= 4 is 0 Å². The van der Waals surface area contributed by atoms with Crippen LogP contribution in [0.4, 0.5) is 4.39 Å². The average molecular weight is 265 g/mol. The molecule has 0 radical (unpaired) electrons. The zero-order chi connectivity index (χ0) is 14.1. The SMILES string of the molecule is CC(C)OCCOCc1ccc(F)cc1C#CCN. The summed E-state index contributed by atoms with van der Waals surface area (Å²) in [7, 11) is 0. The van der Waals surface area contributed by atoms with Gasteiger partial charge in [-0.3, -0.25) is 0 Å². The number of nitrogens with two attached hydrogens (primary N) is 1. The summed E-state index contributed by atoms with van der Waals surface area (Å²) in [6, 6.07) is 4.47. The zero-order valence-corrected chi connectivity index (χ0v) is 11.4. The lowest BCUT2D eigenvalue weighted by atomic mass is 10.1. The minimum atomic E-state index is -0.312. The van der Waals surface area contributed by atoms with E-state index in [9.17, 15) is 4.39 Å². The predicted octanol–water partition coefficient (Wildman–Crippen LogP) is 2.08. The van der Waals surface area contributed by atoms with E-state index in [1.54, 1.807) is 6.07 Å². The van der Waals surface area contributed by atoms with Gasteiger partial charge >= 0.3 is 0 Å². The van der Waals surface area contributed by atoms with Crippen molar-refractivity contribution in [3.63, 3.8) is 0 Å². The molecular formula is C15H20FNO2. The van der Waals surface area contributed by atoms with Gasteiger partial charge in [0, 0.05) is 5.56 Å². The fourth-order valence-electron chi connectivity index (χ4n) is 1.46. The molecule has 0 amide bonds. The van der Waals surface area contributed by atoms with Crippen molar-refractivity contribution in [2.24, 2.45) is 5.73 Å². The van der Waals surface area contributed by atoms with Crippen LogP contribution in [0.5, 0.6) is 0 Å². The van der Waals surface area contributed by atoms with E-state index >= 15 is 0 Å². The number of hydrogen-bond donors (Lipinski definition) is 1. The van der Waals surface area contributed by atoms with Crippen LogP contribution >= 0.6 is 0 Å². The minimum Gasteiger partial charge on any atom is -0.376 e. The lowest BCUT2D eigenvalue weighted by Crippen LogP contribution is -2.09. The number of halogens is 1. The monoisotopic (exact) mass is 265 g/mol. The Bertz CT molecular complexity index is 449. The molecule has 0 unspecified atom stereocenters. The highest BCUT2D eigenvalue weighted by molar-refractivity contribution is 5.41. The summed E-state index contributed by atoms with van der Waals surface area (Å²) >= 11 is 0. The summed E-state index contributed by atoms with van der Waals surface area (Å²) in [6.45, 7) is 5.62. The molecule has 3 nitrogen and oxygen atoms in total. The molecule has 0 fully saturated rings. The molecule has 0 bridgehead atoms. The van der Waals surface area contributed by atoms with Crippen molar-refractivity contribution in [1.82, 2.24) is 0 Å². The highest BCUT2D eigenvalue weighted by Crippen LogP contribution is 2.11. The van der Waals surface area contributed by atoms with Crippen molar-refractivity contribution in [2.75, 3.05) is 19.8 Å². The second kappa shape index (κ2) is 8.65. The average Bonchev–Trinajstić information content (AvgIpc) is 2.37. The second-order valence-corrected chi connectivity index (χ2v) is 4.28. The van der Waals surface area contributed by atoms with Crippen molar-refractivity contribution in [2.45, 2.75) is 26.6 Å². The van der Waals surface area contributed by atoms with Gasteiger partial charge in [-0.15, -0.1) is 0 Å². The molecule has 4 heteroatoms. The molecule has 1 aromatic carbocycles. The van der Waals surface area contributed by atoms with Crippen LogP contribution in [0.1, 0.15) is 25.0 Å². The molecule has 0 aliphatic rings. The Labute approximate surface area is 113 Å². The third kappa shape index (κ3) is 6.35. The van der Waals surface area contributed by atoms with Crippen LogP contribution in [-0.2, 0) is 16.1 Å². The second-order valence-electron chi connectivity index (χ2n) is 4.28. The van der Waals surface area contributed by atoms with Crippen LogP contribution in [0.2, 0.25) is 0 Å². The van der Waals surface area contributed by atoms with E-state index in [-0.39, 0.29) is 18.5 Å². The molecule has 0 heterocycles. The number of benzene rings is 1. The highest BCUT2D eigenvalue weighted by atomic mass is 19.1. The Morgan fingerprint density at radius 3 is 2.79 bits per heavy atom. The van der Waals surface area contributed by atoms with Gasteiger partial charge in [0.15, 0.2) is 0 Å². The van der Waals surface area contributed by atoms with Gasteiger partial charge in [-0.2, -0.15) is 0 Å². The molecule has 2 N–H and O–H groups in total. The Morgan fingerprint density at radius 2 is 2.11 bits per heavy atom. The van der Waals surface area contributed by atoms with Crippen LogP contribution < -0.4 is 5.73 Å². The van der Waals surface area contributed by atoms with Crippen molar-refractivity contribution in [3.8, 4) is 11.8 Å². The van der Waals surface area contributed by atoms with E-state index in [1.807, 2.05) is 13.8 Å². The smallest absolute Gasteiger partial charge is 0.124 e. The summed E-state index contributed by atoms with van der Waals surface area (Å²) in [4.78, 5) is 0. The first kappa shape index (κ1) is 15.6. The van der Waals surface area contributed by atoms with E-state index in [2.05, 4.69) is 11.8 Å². The fourth-order valence-corrected chi connectivity index (χ4v) is 1.46. The topological polar surface area (TPSA) is 44.5 Å². The van der Waals surface area contributed by atoms with Gasteiger partial charge in [-0.1, -0.05) is 17.9 Å². The quantitative estimate of drug-likeness (QED) is 0.632. The zero-order valence-electron chi connectivity index (χ0n) is 11.4. The van der Waals surface area contributed by atoms with Crippen LogP contribution in [-0.4, -0.2) is 25.9 Å². The largest absolute Gasteiger partial charge is 0.376 e. The molecule has 104 valence electrons. The van der Waals surface area contributed by atoms with Crippen molar-refractivity contribution < 1.29 is 13.9 Å². The molecule has 0 atom stereocenters. The molecule has 1 aromatic rings. The van der Waals surface area contributed by atoms with Crippen LogP contribution in [0.3, 0.4) is 0 Å². The van der Waals surface area contributed by atoms with E-state index in [1.165, 1.54) is 12.1 Å². The molecular weight excluding hydrogens is 245 g/mol. The van der Waals surface area contributed by atoms with Gasteiger partial charge in [0.05, 0.1) is 32.5 Å². The van der Waals surface area contributed by atoms with Crippen LogP contribution in [0, 0.1) is 17.7 Å². The number of rotatable bonds is 6. The van der Waals surface area contributed by atoms with Crippen molar-refractivity contribution in [1.29, 1.82) is 0 Å². The summed E-state index contributed by atoms with van der Waals surface area (Å²) < 4.78 is 24.0. The minimum absolute atomic E-state index is 0.195. The molecule has 0 aliphatic heterocycles. The summed E-state index contributed by atoms with van der Waals surface area (Å²) in [5.74, 6) is 5.25. The van der Waals surface area contributed by atoms with Gasteiger partial charge in [-0.25, -0.2) is 4.39 Å². The third-order valence-electron chi connectivity index (χ3n) is 2.33. The first-order valence-electron chi connectivity index (χ1n) is 6.30. The number of ether oxygens (including phenoxy) is 2. The lowest BCUT2D eigenvalue weighted by Gasteiger charge is -2.09. The summed E-state index contributed by atoms with van der Waals surface area (Å²) in [5, 5.41) is 0. The molecule has 1 rings (SSSR count). The number of hydrogen-bond acceptors (Lipinski definition) is 3. The summed E-state index contributed by atoms with van der Waals surface area (Å²) in [5.41, 5.74) is 6.79. The Hall–Kier alpha value is -1.41. The van der Waals surface area contributed by atoms with E-state index in [0.717, 1.165) is 5.56 Å². The fraction of sp³-hybridized carbons (Fsp3) is 0.467. The van der Waals surface area contributed by atoms with Crippen LogP contribution in [0.15, 0.2) is 18.2 Å². The Balaban J connectivity index is 2.52. The van der Waals surface area contributed by atoms with Gasteiger partial charge in [0.25, 0.3) is 0 Å². The standard InChI is InChI=1S/C15H20FNO2/c1-12(2)19-9-8-18-11-14-5-6-15(16)10-13(14)4-3-7-17/h5-6,10,12H,7-9,11,17H2,1-2H3. The predicted molar refractivity (Wildman–Crippen MR) is 73.1 cm³/mol. The first-order valence-corrected chi connectivity index (χ1v) is 6.30. The van der Waals surface area contributed by atoms with E-state index in [4.69, 9.17) is 15.2 Å². The molecule has 0 saturated heterocycles. The summed E-state index contributed by atoms with van der Waals surface area (Å²) in [6.07, 6.45) is 0.195. The van der Waals surface area contributed by atoms with E-state index < -0.39 is 0 Å². The van der Waals surface area contributed by atoms with Crippen LogP contribution in [0.25, 0.3) is 0 Å². The normalized spacial score (nSPS) is 10.4. The van der Waals surface area contributed by atoms with E-state index in [0.29, 0.717) is 25.4 Å². The maximum absolute atomic E-state index is 13.1. The molecule has 0 aliphatic carbocycles. The lowest BCUT2D eigenvalue weighted by molar-refractivity contribution is 0.0142.